The summed E-state index contributed by atoms with van der Waals surface area (Å²) < 4.78 is 5.82. The molecule has 2 aromatic rings. The molecule has 2 aliphatic rings. The molecule has 1 saturated heterocycles. The number of ether oxygens (including phenoxy) is 1. The lowest BCUT2D eigenvalue weighted by Gasteiger charge is -2.35. The highest BCUT2D eigenvalue weighted by atomic mass is 16.5. The minimum absolute atomic E-state index is 0.00445. The molecule has 8 nitrogen and oxygen atoms in total. The van der Waals surface area contributed by atoms with Gasteiger partial charge in [-0.05, 0) is 63.8 Å². The van der Waals surface area contributed by atoms with Gasteiger partial charge in [-0.2, -0.15) is 4.98 Å². The maximum atomic E-state index is 13.9. The number of hydrogen-bond acceptors (Lipinski definition) is 6. The highest BCUT2D eigenvalue weighted by molar-refractivity contribution is 5.90. The molecule has 1 unspecified atom stereocenters. The molecule has 0 radical (unpaired) electrons. The number of nitrogens with one attached hydrogen (secondary N) is 2. The Bertz CT molecular complexity index is 964. The van der Waals surface area contributed by atoms with E-state index in [4.69, 9.17) is 4.74 Å². The number of carbonyl (C=O) groups is 2. The van der Waals surface area contributed by atoms with Gasteiger partial charge in [0.1, 0.15) is 11.8 Å². The second-order valence-electron chi connectivity index (χ2n) is 9.26. The molecule has 2 N–H and O–H groups in total. The van der Waals surface area contributed by atoms with E-state index in [1.165, 1.54) is 6.42 Å². The summed E-state index contributed by atoms with van der Waals surface area (Å²) in [5, 5.41) is 6.05. The molecule has 1 aliphatic carbocycles. The molecule has 4 rings (SSSR count). The number of aromatic nitrogens is 2. The lowest BCUT2D eigenvalue weighted by Crippen LogP contribution is -2.55. The zero-order valence-electron chi connectivity index (χ0n) is 20.1. The van der Waals surface area contributed by atoms with E-state index in [1.807, 2.05) is 48.2 Å². The van der Waals surface area contributed by atoms with E-state index in [-0.39, 0.29) is 35.8 Å². The Labute approximate surface area is 201 Å². The molecule has 1 aromatic heterocycles. The van der Waals surface area contributed by atoms with Crippen LogP contribution in [-0.4, -0.2) is 52.4 Å². The summed E-state index contributed by atoms with van der Waals surface area (Å²) in [5.74, 6) is 0.688. The standard InChI is InChI=1S/C26H35N5O3/c1-18(27-2)24(32)30-23(19-10-5-3-6-11-19)25(33)31-17-9-14-22(31)21-15-16-28-26(29-21)34-20-12-7-4-8-13-20/h4,7-8,12-13,15-16,18-19,22-23,27H,3,5-6,9-11,14,17H2,1-2H3,(H,30,32)/t18-,22-,23?/m0/s1. The predicted molar refractivity (Wildman–Crippen MR) is 129 cm³/mol. The predicted octanol–water partition coefficient (Wildman–Crippen LogP) is 3.61. The van der Waals surface area contributed by atoms with Gasteiger partial charge in [0.05, 0.1) is 17.8 Å². The number of likely N-dealkylation sites (N-methyl/N-ethyl adjacent to an activating group) is 1. The molecule has 34 heavy (non-hydrogen) atoms. The molecule has 2 fully saturated rings. The summed E-state index contributed by atoms with van der Waals surface area (Å²) in [6.45, 7) is 2.47. The van der Waals surface area contributed by atoms with E-state index in [0.29, 0.717) is 12.3 Å². The van der Waals surface area contributed by atoms with Gasteiger partial charge in [0.2, 0.25) is 11.8 Å². The minimum Gasteiger partial charge on any atom is -0.424 e. The van der Waals surface area contributed by atoms with E-state index in [0.717, 1.165) is 44.2 Å². The Morgan fingerprint density at radius 2 is 1.82 bits per heavy atom. The third-order valence-corrected chi connectivity index (χ3v) is 7.00. The third kappa shape index (κ3) is 5.73. The van der Waals surface area contributed by atoms with Gasteiger partial charge in [-0.25, -0.2) is 4.98 Å². The zero-order valence-corrected chi connectivity index (χ0v) is 20.1. The van der Waals surface area contributed by atoms with Crippen LogP contribution in [0.4, 0.5) is 0 Å². The molecule has 0 bridgehead atoms. The van der Waals surface area contributed by atoms with Gasteiger partial charge in [0.25, 0.3) is 0 Å². The van der Waals surface area contributed by atoms with Crippen molar-refractivity contribution in [3.05, 3.63) is 48.3 Å². The number of likely N-dealkylation sites (tertiary alicyclic amines) is 1. The number of rotatable bonds is 8. The van der Waals surface area contributed by atoms with Crippen LogP contribution in [0.2, 0.25) is 0 Å². The topological polar surface area (TPSA) is 96.5 Å². The molecular formula is C26H35N5O3. The summed E-state index contributed by atoms with van der Waals surface area (Å²) in [7, 11) is 1.75. The second-order valence-corrected chi connectivity index (χ2v) is 9.26. The van der Waals surface area contributed by atoms with Crippen LogP contribution in [0.5, 0.6) is 11.8 Å². The molecule has 3 atom stereocenters. The first-order chi connectivity index (χ1) is 16.6. The highest BCUT2D eigenvalue weighted by Crippen LogP contribution is 2.35. The number of para-hydroxylation sites is 1. The van der Waals surface area contributed by atoms with Crippen molar-refractivity contribution in [2.75, 3.05) is 13.6 Å². The average molecular weight is 466 g/mol. The first kappa shape index (κ1) is 24.1. The van der Waals surface area contributed by atoms with Crippen molar-refractivity contribution < 1.29 is 14.3 Å². The second kappa shape index (κ2) is 11.4. The Morgan fingerprint density at radius 3 is 2.56 bits per heavy atom. The van der Waals surface area contributed by atoms with E-state index in [1.54, 1.807) is 13.2 Å². The molecule has 8 heteroatoms. The first-order valence-corrected chi connectivity index (χ1v) is 12.4. The summed E-state index contributed by atoms with van der Waals surface area (Å²) in [6, 6.07) is 10.5. The zero-order chi connectivity index (χ0) is 23.9. The van der Waals surface area contributed by atoms with Crippen molar-refractivity contribution in [1.29, 1.82) is 0 Å². The molecule has 2 amide bonds. The fourth-order valence-electron chi connectivity index (χ4n) is 4.96. The van der Waals surface area contributed by atoms with Crippen molar-refractivity contribution in [3.8, 4) is 11.8 Å². The molecule has 1 saturated carbocycles. The lowest BCUT2D eigenvalue weighted by atomic mass is 9.83. The molecule has 2 heterocycles. The summed E-state index contributed by atoms with van der Waals surface area (Å²) in [5.41, 5.74) is 0.768. The van der Waals surface area contributed by atoms with Gasteiger partial charge in [0, 0.05) is 12.7 Å². The van der Waals surface area contributed by atoms with E-state index < -0.39 is 6.04 Å². The van der Waals surface area contributed by atoms with Gasteiger partial charge in [0.15, 0.2) is 0 Å². The van der Waals surface area contributed by atoms with Crippen LogP contribution in [0, 0.1) is 5.92 Å². The van der Waals surface area contributed by atoms with Crippen molar-refractivity contribution in [2.45, 2.75) is 70.0 Å². The van der Waals surface area contributed by atoms with Crippen molar-refractivity contribution in [1.82, 2.24) is 25.5 Å². The van der Waals surface area contributed by atoms with Crippen LogP contribution < -0.4 is 15.4 Å². The minimum atomic E-state index is -0.508. The van der Waals surface area contributed by atoms with Crippen molar-refractivity contribution >= 4 is 11.8 Å². The van der Waals surface area contributed by atoms with Crippen molar-refractivity contribution in [3.63, 3.8) is 0 Å². The number of amides is 2. The first-order valence-electron chi connectivity index (χ1n) is 12.4. The number of nitrogens with zero attached hydrogens (tertiary/aromatic N) is 3. The highest BCUT2D eigenvalue weighted by Gasteiger charge is 2.39. The molecule has 182 valence electrons. The Morgan fingerprint density at radius 1 is 1.06 bits per heavy atom. The van der Waals surface area contributed by atoms with E-state index in [9.17, 15) is 9.59 Å². The Hall–Kier alpha value is -3.00. The number of benzene rings is 1. The molecule has 0 spiro atoms. The number of hydrogen-bond donors (Lipinski definition) is 2. The van der Waals surface area contributed by atoms with Crippen LogP contribution in [0.3, 0.4) is 0 Å². The monoisotopic (exact) mass is 465 g/mol. The van der Waals surface area contributed by atoms with E-state index in [2.05, 4.69) is 20.6 Å². The Balaban J connectivity index is 1.53. The van der Waals surface area contributed by atoms with E-state index >= 15 is 0 Å². The molecule has 1 aliphatic heterocycles. The van der Waals surface area contributed by atoms with Gasteiger partial charge in [-0.15, -0.1) is 0 Å². The maximum absolute atomic E-state index is 13.9. The fraction of sp³-hybridized carbons (Fsp3) is 0.538. The van der Waals surface area contributed by atoms with Gasteiger partial charge < -0.3 is 20.3 Å². The summed E-state index contributed by atoms with van der Waals surface area (Å²) >= 11 is 0. The van der Waals surface area contributed by atoms with Gasteiger partial charge >= 0.3 is 6.01 Å². The normalized spacial score (nSPS) is 20.5. The largest absolute Gasteiger partial charge is 0.424 e. The van der Waals surface area contributed by atoms with Crippen LogP contribution in [0.1, 0.15) is 63.6 Å². The SMILES string of the molecule is CN[C@@H](C)C(=O)NC(C(=O)N1CCC[C@H]1c1ccnc(Oc2ccccc2)n1)C1CCCCC1. The lowest BCUT2D eigenvalue weighted by molar-refractivity contribution is -0.139. The number of carbonyl (C=O) groups excluding carboxylic acids is 2. The Kier molecular flexibility index (Phi) is 8.11. The van der Waals surface area contributed by atoms with Gasteiger partial charge in [-0.3, -0.25) is 9.59 Å². The quantitative estimate of drug-likeness (QED) is 0.618. The maximum Gasteiger partial charge on any atom is 0.322 e. The van der Waals surface area contributed by atoms with Crippen molar-refractivity contribution in [2.24, 2.45) is 5.92 Å². The van der Waals surface area contributed by atoms with Crippen LogP contribution in [-0.2, 0) is 9.59 Å². The van der Waals surface area contributed by atoms with Crippen LogP contribution >= 0.6 is 0 Å². The summed E-state index contributed by atoms with van der Waals surface area (Å²) in [6.07, 6.45) is 8.71. The van der Waals surface area contributed by atoms with Crippen LogP contribution in [0.15, 0.2) is 42.6 Å². The molecular weight excluding hydrogens is 430 g/mol. The average Bonchev–Trinajstić information content (AvgIpc) is 3.38. The summed E-state index contributed by atoms with van der Waals surface area (Å²) in [4.78, 5) is 37.4. The molecule has 1 aromatic carbocycles. The third-order valence-electron chi connectivity index (χ3n) is 7.00. The van der Waals surface area contributed by atoms with Gasteiger partial charge in [-0.1, -0.05) is 37.5 Å². The fourth-order valence-corrected chi connectivity index (χ4v) is 4.96. The van der Waals surface area contributed by atoms with Crippen LogP contribution in [0.25, 0.3) is 0 Å². The smallest absolute Gasteiger partial charge is 0.322 e.